The predicted molar refractivity (Wildman–Crippen MR) is 44.8 cm³/mol. The molecule has 3 heteroatoms. The standard InChI is InChI=1S/C9H13NO2/c11-9-10-7-5-3-1-2-4-6-8(7)12-9/h3,5,7-8H,1-2,4,6H2,(H,10,11)/b5-3+. The number of carbonyl (C=O) groups is 1. The second kappa shape index (κ2) is 3.17. The zero-order valence-electron chi connectivity index (χ0n) is 6.95. The van der Waals surface area contributed by atoms with Gasteiger partial charge in [-0.15, -0.1) is 0 Å². The van der Waals surface area contributed by atoms with Gasteiger partial charge >= 0.3 is 6.09 Å². The molecule has 2 atom stereocenters. The average molecular weight is 167 g/mol. The zero-order valence-corrected chi connectivity index (χ0v) is 6.95. The summed E-state index contributed by atoms with van der Waals surface area (Å²) >= 11 is 0. The number of hydrogen-bond donors (Lipinski definition) is 1. The highest BCUT2D eigenvalue weighted by atomic mass is 16.6. The molecule has 0 aromatic rings. The normalized spacial score (nSPS) is 37.2. The third-order valence-electron chi connectivity index (χ3n) is 2.40. The van der Waals surface area contributed by atoms with Gasteiger partial charge in [0.1, 0.15) is 6.10 Å². The van der Waals surface area contributed by atoms with Crippen molar-refractivity contribution in [1.82, 2.24) is 5.32 Å². The topological polar surface area (TPSA) is 38.3 Å². The van der Waals surface area contributed by atoms with Gasteiger partial charge in [-0.05, 0) is 25.7 Å². The molecule has 0 bridgehead atoms. The minimum absolute atomic E-state index is 0.0778. The van der Waals surface area contributed by atoms with Crippen molar-refractivity contribution in [2.24, 2.45) is 0 Å². The smallest absolute Gasteiger partial charge is 0.408 e. The number of ether oxygens (including phenoxy) is 1. The summed E-state index contributed by atoms with van der Waals surface area (Å²) in [7, 11) is 0. The van der Waals surface area contributed by atoms with E-state index in [2.05, 4.69) is 17.5 Å². The molecule has 1 fully saturated rings. The first-order valence-electron chi connectivity index (χ1n) is 4.50. The molecule has 1 heterocycles. The van der Waals surface area contributed by atoms with Crippen molar-refractivity contribution in [3.05, 3.63) is 12.2 Å². The molecule has 0 aromatic carbocycles. The van der Waals surface area contributed by atoms with Crippen LogP contribution in [0.4, 0.5) is 4.79 Å². The first kappa shape index (κ1) is 7.65. The molecule has 0 spiro atoms. The lowest BCUT2D eigenvalue weighted by Crippen LogP contribution is -2.29. The van der Waals surface area contributed by atoms with Crippen LogP contribution >= 0.6 is 0 Å². The zero-order chi connectivity index (χ0) is 8.39. The monoisotopic (exact) mass is 167 g/mol. The van der Waals surface area contributed by atoms with Gasteiger partial charge in [0, 0.05) is 0 Å². The van der Waals surface area contributed by atoms with Gasteiger partial charge in [0.2, 0.25) is 0 Å². The van der Waals surface area contributed by atoms with Gasteiger partial charge in [0.15, 0.2) is 0 Å². The lowest BCUT2D eigenvalue weighted by atomic mass is 10.0. The molecule has 0 saturated carbocycles. The van der Waals surface area contributed by atoms with E-state index in [0.717, 1.165) is 19.3 Å². The molecule has 1 N–H and O–H groups in total. The largest absolute Gasteiger partial charge is 0.444 e. The Balaban J connectivity index is 2.07. The number of alkyl carbamates (subject to hydrolysis) is 1. The van der Waals surface area contributed by atoms with Crippen molar-refractivity contribution in [3.8, 4) is 0 Å². The number of nitrogens with one attached hydrogen (secondary N) is 1. The van der Waals surface area contributed by atoms with Crippen LogP contribution in [0.5, 0.6) is 0 Å². The van der Waals surface area contributed by atoms with Gasteiger partial charge in [-0.2, -0.15) is 0 Å². The maximum Gasteiger partial charge on any atom is 0.408 e. The van der Waals surface area contributed by atoms with Crippen molar-refractivity contribution in [1.29, 1.82) is 0 Å². The van der Waals surface area contributed by atoms with Crippen LogP contribution in [0.25, 0.3) is 0 Å². The molecule has 1 amide bonds. The van der Waals surface area contributed by atoms with Crippen molar-refractivity contribution in [3.63, 3.8) is 0 Å². The summed E-state index contributed by atoms with van der Waals surface area (Å²) in [6.07, 6.45) is 8.47. The molecular weight excluding hydrogens is 154 g/mol. The number of fused-ring (bicyclic) bond motifs is 1. The highest BCUT2D eigenvalue weighted by Crippen LogP contribution is 2.19. The summed E-state index contributed by atoms with van der Waals surface area (Å²) in [6, 6.07) is 0.123. The maximum absolute atomic E-state index is 10.9. The molecule has 0 radical (unpaired) electrons. The summed E-state index contributed by atoms with van der Waals surface area (Å²) < 4.78 is 5.10. The fourth-order valence-electron chi connectivity index (χ4n) is 1.73. The van der Waals surface area contributed by atoms with E-state index in [1.165, 1.54) is 6.42 Å². The molecule has 1 aliphatic carbocycles. The summed E-state index contributed by atoms with van der Waals surface area (Å²) in [4.78, 5) is 10.9. The van der Waals surface area contributed by atoms with E-state index in [9.17, 15) is 4.79 Å². The fourth-order valence-corrected chi connectivity index (χ4v) is 1.73. The van der Waals surface area contributed by atoms with Crippen LogP contribution in [-0.2, 0) is 4.74 Å². The molecule has 1 saturated heterocycles. The second-order valence-corrected chi connectivity index (χ2v) is 3.33. The van der Waals surface area contributed by atoms with Crippen molar-refractivity contribution in [2.75, 3.05) is 0 Å². The Morgan fingerprint density at radius 1 is 1.50 bits per heavy atom. The summed E-state index contributed by atoms with van der Waals surface area (Å²) in [5.41, 5.74) is 0. The van der Waals surface area contributed by atoms with Gasteiger partial charge in [-0.25, -0.2) is 4.79 Å². The Bertz CT molecular complexity index is 213. The van der Waals surface area contributed by atoms with Gasteiger partial charge < -0.3 is 10.1 Å². The van der Waals surface area contributed by atoms with Crippen LogP contribution in [0.3, 0.4) is 0 Å². The van der Waals surface area contributed by atoms with Crippen LogP contribution < -0.4 is 5.32 Å². The third kappa shape index (κ3) is 1.44. The average Bonchev–Trinajstić information content (AvgIpc) is 2.32. The number of rotatable bonds is 0. The fraction of sp³-hybridized carbons (Fsp3) is 0.667. The van der Waals surface area contributed by atoms with E-state index in [0.29, 0.717) is 0 Å². The predicted octanol–water partition coefficient (Wildman–Crippen LogP) is 1.59. The Kier molecular flexibility index (Phi) is 2.02. The molecule has 1 aliphatic heterocycles. The number of hydrogen-bond acceptors (Lipinski definition) is 2. The second-order valence-electron chi connectivity index (χ2n) is 3.33. The molecule has 12 heavy (non-hydrogen) atoms. The highest BCUT2D eigenvalue weighted by Gasteiger charge is 2.31. The first-order valence-corrected chi connectivity index (χ1v) is 4.50. The number of allylic oxidation sites excluding steroid dienone is 1. The van der Waals surface area contributed by atoms with E-state index in [4.69, 9.17) is 4.74 Å². The van der Waals surface area contributed by atoms with Gasteiger partial charge in [-0.3, -0.25) is 0 Å². The minimum atomic E-state index is -0.267. The van der Waals surface area contributed by atoms with Crippen LogP contribution in [0, 0.1) is 0 Å². The maximum atomic E-state index is 10.9. The Labute approximate surface area is 71.8 Å². The minimum Gasteiger partial charge on any atom is -0.444 e. The number of carbonyl (C=O) groups excluding carboxylic acids is 1. The van der Waals surface area contributed by atoms with E-state index in [-0.39, 0.29) is 18.2 Å². The quantitative estimate of drug-likeness (QED) is 0.556. The summed E-state index contributed by atoms with van der Waals surface area (Å²) in [5.74, 6) is 0. The van der Waals surface area contributed by atoms with Crippen LogP contribution in [0.15, 0.2) is 12.2 Å². The Morgan fingerprint density at radius 2 is 2.42 bits per heavy atom. The SMILES string of the molecule is O=C1NC2/C=C/CCCCC2O1. The number of amides is 1. The molecular formula is C9H13NO2. The van der Waals surface area contributed by atoms with Crippen LogP contribution in [-0.4, -0.2) is 18.2 Å². The van der Waals surface area contributed by atoms with E-state index in [1.807, 2.05) is 0 Å². The van der Waals surface area contributed by atoms with Crippen molar-refractivity contribution >= 4 is 6.09 Å². The molecule has 2 rings (SSSR count). The molecule has 66 valence electrons. The van der Waals surface area contributed by atoms with Gasteiger partial charge in [0.05, 0.1) is 6.04 Å². The lowest BCUT2D eigenvalue weighted by Gasteiger charge is -2.15. The van der Waals surface area contributed by atoms with Crippen molar-refractivity contribution in [2.45, 2.75) is 37.8 Å². The Hall–Kier alpha value is -0.990. The van der Waals surface area contributed by atoms with Gasteiger partial charge in [-0.1, -0.05) is 12.2 Å². The summed E-state index contributed by atoms with van der Waals surface area (Å²) in [5, 5.41) is 2.78. The van der Waals surface area contributed by atoms with E-state index in [1.54, 1.807) is 0 Å². The van der Waals surface area contributed by atoms with E-state index < -0.39 is 0 Å². The van der Waals surface area contributed by atoms with Gasteiger partial charge in [0.25, 0.3) is 0 Å². The Morgan fingerprint density at radius 3 is 3.33 bits per heavy atom. The lowest BCUT2D eigenvalue weighted by molar-refractivity contribution is 0.128. The van der Waals surface area contributed by atoms with Crippen molar-refractivity contribution < 1.29 is 9.53 Å². The van der Waals surface area contributed by atoms with Crippen LogP contribution in [0.1, 0.15) is 25.7 Å². The molecule has 2 aliphatic rings. The van der Waals surface area contributed by atoms with Crippen LogP contribution in [0.2, 0.25) is 0 Å². The molecule has 0 aromatic heterocycles. The third-order valence-corrected chi connectivity index (χ3v) is 2.40. The first-order chi connectivity index (χ1) is 5.86. The molecule has 2 unspecified atom stereocenters. The molecule has 3 nitrogen and oxygen atoms in total. The highest BCUT2D eigenvalue weighted by molar-refractivity contribution is 5.70. The van der Waals surface area contributed by atoms with E-state index >= 15 is 0 Å². The summed E-state index contributed by atoms with van der Waals surface area (Å²) in [6.45, 7) is 0.